The Morgan fingerprint density at radius 2 is 2.35 bits per heavy atom. The Morgan fingerprint density at radius 3 is 3.06 bits per heavy atom. The predicted octanol–water partition coefficient (Wildman–Crippen LogP) is 2.02. The molecular weight excluding hydrogens is 214 g/mol. The number of hydrogen-bond acceptors (Lipinski definition) is 3. The maximum atomic E-state index is 11.6. The third kappa shape index (κ3) is 2.96. The van der Waals surface area contributed by atoms with Crippen LogP contribution in [0, 0.1) is 5.92 Å². The van der Waals surface area contributed by atoms with Crippen molar-refractivity contribution in [1.29, 1.82) is 0 Å². The lowest BCUT2D eigenvalue weighted by molar-refractivity contribution is -0.122. The molecule has 17 heavy (non-hydrogen) atoms. The average Bonchev–Trinajstić information content (AvgIpc) is 2.29. The summed E-state index contributed by atoms with van der Waals surface area (Å²) in [6.45, 7) is 5.09. The molecular formula is C14H23NO2. The van der Waals surface area contributed by atoms with E-state index in [1.165, 1.54) is 12.0 Å². The van der Waals surface area contributed by atoms with Crippen molar-refractivity contribution in [1.82, 2.24) is 4.90 Å². The number of fused-ring (bicyclic) bond motifs is 1. The molecule has 2 rings (SSSR count). The van der Waals surface area contributed by atoms with Gasteiger partial charge in [0.05, 0.1) is 6.61 Å². The number of hydrogen-bond donors (Lipinski definition) is 0. The van der Waals surface area contributed by atoms with E-state index in [1.807, 2.05) is 0 Å². The fraction of sp³-hybridized carbons (Fsp3) is 0.786. The molecule has 0 aromatic carbocycles. The summed E-state index contributed by atoms with van der Waals surface area (Å²) < 4.78 is 5.23. The van der Waals surface area contributed by atoms with E-state index in [0.717, 1.165) is 32.4 Å². The first kappa shape index (κ1) is 12.8. The fourth-order valence-corrected chi connectivity index (χ4v) is 3.19. The SMILES string of the molecule is CCCN1CC(COC)=CC2CC(=O)CCC21. The van der Waals surface area contributed by atoms with Gasteiger partial charge in [-0.2, -0.15) is 0 Å². The Labute approximate surface area is 104 Å². The average molecular weight is 237 g/mol. The molecule has 1 aliphatic heterocycles. The van der Waals surface area contributed by atoms with Gasteiger partial charge in [-0.3, -0.25) is 9.69 Å². The zero-order valence-electron chi connectivity index (χ0n) is 10.9. The van der Waals surface area contributed by atoms with Crippen LogP contribution in [0.3, 0.4) is 0 Å². The maximum absolute atomic E-state index is 11.6. The van der Waals surface area contributed by atoms with Crippen LogP contribution in [0.5, 0.6) is 0 Å². The maximum Gasteiger partial charge on any atom is 0.133 e. The van der Waals surface area contributed by atoms with Gasteiger partial charge in [0.1, 0.15) is 5.78 Å². The third-order valence-corrected chi connectivity index (χ3v) is 3.84. The summed E-state index contributed by atoms with van der Waals surface area (Å²) in [5.74, 6) is 0.860. The van der Waals surface area contributed by atoms with E-state index >= 15 is 0 Å². The van der Waals surface area contributed by atoms with Crippen LogP contribution in [0.2, 0.25) is 0 Å². The van der Waals surface area contributed by atoms with Crippen LogP contribution < -0.4 is 0 Å². The quantitative estimate of drug-likeness (QED) is 0.701. The molecule has 3 heteroatoms. The molecule has 1 fully saturated rings. The molecule has 0 aromatic rings. The first-order valence-electron chi connectivity index (χ1n) is 6.68. The van der Waals surface area contributed by atoms with Gasteiger partial charge in [0.25, 0.3) is 0 Å². The standard InChI is InChI=1S/C14H23NO2/c1-3-6-15-9-11(10-17-2)7-12-8-13(16)4-5-14(12)15/h7,12,14H,3-6,8-10H2,1-2H3. The molecule has 1 heterocycles. The second-order valence-corrected chi connectivity index (χ2v) is 5.24. The molecule has 1 aliphatic carbocycles. The van der Waals surface area contributed by atoms with Gasteiger partial charge in [-0.05, 0) is 30.9 Å². The second kappa shape index (κ2) is 5.78. The van der Waals surface area contributed by atoms with Gasteiger partial charge in [-0.25, -0.2) is 0 Å². The normalized spacial score (nSPS) is 30.0. The molecule has 0 N–H and O–H groups in total. The van der Waals surface area contributed by atoms with Gasteiger partial charge >= 0.3 is 0 Å². The van der Waals surface area contributed by atoms with E-state index in [4.69, 9.17) is 4.74 Å². The molecule has 1 saturated carbocycles. The molecule has 0 radical (unpaired) electrons. The van der Waals surface area contributed by atoms with Crippen molar-refractivity contribution >= 4 is 5.78 Å². The van der Waals surface area contributed by atoms with Gasteiger partial charge in [-0.15, -0.1) is 0 Å². The smallest absolute Gasteiger partial charge is 0.133 e. The molecule has 2 unspecified atom stereocenters. The van der Waals surface area contributed by atoms with Gasteiger partial charge in [0, 0.05) is 32.5 Å². The van der Waals surface area contributed by atoms with Crippen LogP contribution in [-0.2, 0) is 9.53 Å². The van der Waals surface area contributed by atoms with E-state index in [9.17, 15) is 4.79 Å². The Hall–Kier alpha value is -0.670. The molecule has 0 bridgehead atoms. The van der Waals surface area contributed by atoms with Crippen LogP contribution in [-0.4, -0.2) is 43.5 Å². The van der Waals surface area contributed by atoms with Crippen molar-refractivity contribution in [3.63, 3.8) is 0 Å². The van der Waals surface area contributed by atoms with Gasteiger partial charge in [-0.1, -0.05) is 13.0 Å². The molecule has 2 atom stereocenters. The highest BCUT2D eigenvalue weighted by atomic mass is 16.5. The first-order chi connectivity index (χ1) is 8.24. The summed E-state index contributed by atoms with van der Waals surface area (Å²) in [7, 11) is 1.74. The number of nitrogens with zero attached hydrogens (tertiary/aromatic N) is 1. The lowest BCUT2D eigenvalue weighted by Crippen LogP contribution is -2.48. The van der Waals surface area contributed by atoms with Crippen molar-refractivity contribution in [2.45, 2.75) is 38.6 Å². The van der Waals surface area contributed by atoms with Crippen molar-refractivity contribution in [3.05, 3.63) is 11.6 Å². The Kier molecular flexibility index (Phi) is 4.35. The Bertz CT molecular complexity index is 311. The van der Waals surface area contributed by atoms with Crippen molar-refractivity contribution in [2.24, 2.45) is 5.92 Å². The molecule has 96 valence electrons. The molecule has 3 nitrogen and oxygen atoms in total. The van der Waals surface area contributed by atoms with Crippen LogP contribution in [0.25, 0.3) is 0 Å². The highest BCUT2D eigenvalue weighted by Gasteiger charge is 2.35. The number of Topliss-reactive ketones (excluding diaryl/α,β-unsaturated/α-hetero) is 1. The molecule has 0 saturated heterocycles. The largest absolute Gasteiger partial charge is 0.380 e. The number of carbonyl (C=O) groups is 1. The summed E-state index contributed by atoms with van der Waals surface area (Å²) >= 11 is 0. The molecule has 0 aromatic heterocycles. The number of rotatable bonds is 4. The number of carbonyl (C=O) groups excluding carboxylic acids is 1. The summed E-state index contributed by atoms with van der Waals surface area (Å²) in [5, 5.41) is 0. The van der Waals surface area contributed by atoms with E-state index < -0.39 is 0 Å². The summed E-state index contributed by atoms with van der Waals surface area (Å²) in [6, 6.07) is 0.591. The summed E-state index contributed by atoms with van der Waals surface area (Å²) in [4.78, 5) is 14.1. The molecule has 0 amide bonds. The van der Waals surface area contributed by atoms with Crippen LogP contribution >= 0.6 is 0 Å². The molecule has 0 spiro atoms. The lowest BCUT2D eigenvalue weighted by atomic mass is 9.79. The highest BCUT2D eigenvalue weighted by molar-refractivity contribution is 5.80. The number of methoxy groups -OCH3 is 1. The number of ketones is 1. The molecule has 2 aliphatic rings. The monoisotopic (exact) mass is 237 g/mol. The minimum absolute atomic E-state index is 0.428. The van der Waals surface area contributed by atoms with E-state index in [-0.39, 0.29) is 0 Å². The van der Waals surface area contributed by atoms with Gasteiger partial charge in [0.15, 0.2) is 0 Å². The lowest BCUT2D eigenvalue weighted by Gasteiger charge is -2.42. The van der Waals surface area contributed by atoms with E-state index in [1.54, 1.807) is 7.11 Å². The van der Waals surface area contributed by atoms with Crippen molar-refractivity contribution in [2.75, 3.05) is 26.8 Å². The zero-order valence-corrected chi connectivity index (χ0v) is 10.9. The van der Waals surface area contributed by atoms with Gasteiger partial charge in [0.2, 0.25) is 0 Å². The van der Waals surface area contributed by atoms with Crippen LogP contribution in [0.1, 0.15) is 32.6 Å². The van der Waals surface area contributed by atoms with E-state index in [0.29, 0.717) is 24.3 Å². The topological polar surface area (TPSA) is 29.5 Å². The third-order valence-electron chi connectivity index (χ3n) is 3.84. The Balaban J connectivity index is 2.11. The zero-order chi connectivity index (χ0) is 12.3. The summed E-state index contributed by atoms with van der Waals surface area (Å²) in [5.41, 5.74) is 1.34. The minimum atomic E-state index is 0.428. The van der Waals surface area contributed by atoms with Crippen molar-refractivity contribution < 1.29 is 9.53 Å². The van der Waals surface area contributed by atoms with E-state index in [2.05, 4.69) is 17.9 Å². The minimum Gasteiger partial charge on any atom is -0.380 e. The Morgan fingerprint density at radius 1 is 1.53 bits per heavy atom. The van der Waals surface area contributed by atoms with Crippen LogP contribution in [0.4, 0.5) is 0 Å². The predicted molar refractivity (Wildman–Crippen MR) is 68.0 cm³/mol. The van der Waals surface area contributed by atoms with Crippen LogP contribution in [0.15, 0.2) is 11.6 Å². The second-order valence-electron chi connectivity index (χ2n) is 5.24. The number of ether oxygens (including phenoxy) is 1. The van der Waals surface area contributed by atoms with Crippen molar-refractivity contribution in [3.8, 4) is 0 Å². The first-order valence-corrected chi connectivity index (χ1v) is 6.68. The highest BCUT2D eigenvalue weighted by Crippen LogP contribution is 2.32. The van der Waals surface area contributed by atoms with Gasteiger partial charge < -0.3 is 4.74 Å². The fourth-order valence-electron chi connectivity index (χ4n) is 3.19. The summed E-state index contributed by atoms with van der Waals surface area (Å²) in [6.07, 6.45) is 6.03.